The molecule has 0 bridgehead atoms. The summed E-state index contributed by atoms with van der Waals surface area (Å²) < 4.78 is 11.2. The summed E-state index contributed by atoms with van der Waals surface area (Å²) in [4.78, 5) is 2.21. The molecule has 2 heterocycles. The van der Waals surface area contributed by atoms with E-state index >= 15 is 0 Å². The Morgan fingerprint density at radius 2 is 2.33 bits per heavy atom. The van der Waals surface area contributed by atoms with Crippen molar-refractivity contribution in [3.8, 4) is 0 Å². The van der Waals surface area contributed by atoms with E-state index in [0.29, 0.717) is 12.6 Å². The van der Waals surface area contributed by atoms with Gasteiger partial charge in [0.1, 0.15) is 11.5 Å². The molecule has 18 heavy (non-hydrogen) atoms. The van der Waals surface area contributed by atoms with Gasteiger partial charge in [-0.15, -0.1) is 0 Å². The van der Waals surface area contributed by atoms with Gasteiger partial charge in [-0.1, -0.05) is 0 Å². The Morgan fingerprint density at radius 3 is 2.89 bits per heavy atom. The Morgan fingerprint density at radius 1 is 1.50 bits per heavy atom. The molecular weight excluding hydrogens is 230 g/mol. The van der Waals surface area contributed by atoms with Crippen LogP contribution in [0.5, 0.6) is 0 Å². The topological polar surface area (TPSA) is 45.8 Å². The minimum atomic E-state index is -0.331. The zero-order valence-corrected chi connectivity index (χ0v) is 11.3. The van der Waals surface area contributed by atoms with Crippen LogP contribution in [-0.2, 0) is 11.3 Å². The summed E-state index contributed by atoms with van der Waals surface area (Å²) in [7, 11) is 0. The molecule has 4 heteroatoms. The maximum Gasteiger partial charge on any atom is 0.118 e. The molecule has 2 unspecified atom stereocenters. The molecule has 102 valence electrons. The van der Waals surface area contributed by atoms with Crippen LogP contribution in [0.15, 0.2) is 16.5 Å². The summed E-state index contributed by atoms with van der Waals surface area (Å²) in [5.41, 5.74) is 0. The van der Waals surface area contributed by atoms with Crippen LogP contribution in [-0.4, -0.2) is 41.9 Å². The molecule has 1 aromatic rings. The number of aliphatic hydroxyl groups is 1. The lowest BCUT2D eigenvalue weighted by molar-refractivity contribution is 0.0477. The number of aliphatic hydroxyl groups excluding tert-OH is 1. The molecule has 0 amide bonds. The van der Waals surface area contributed by atoms with Crippen molar-refractivity contribution < 1.29 is 14.3 Å². The van der Waals surface area contributed by atoms with Crippen molar-refractivity contribution in [2.24, 2.45) is 0 Å². The van der Waals surface area contributed by atoms with E-state index < -0.39 is 0 Å². The smallest absolute Gasteiger partial charge is 0.118 e. The molecule has 1 aliphatic heterocycles. The summed E-state index contributed by atoms with van der Waals surface area (Å²) in [5.74, 6) is 1.88. The average molecular weight is 253 g/mol. The number of hydrogen-bond acceptors (Lipinski definition) is 4. The number of hydrogen-bond donors (Lipinski definition) is 1. The van der Waals surface area contributed by atoms with E-state index in [9.17, 15) is 5.11 Å². The minimum absolute atomic E-state index is 0.305. The maximum atomic E-state index is 9.57. The van der Waals surface area contributed by atoms with Gasteiger partial charge in [0.25, 0.3) is 0 Å². The highest BCUT2D eigenvalue weighted by molar-refractivity contribution is 5.05. The Hall–Kier alpha value is -0.840. The second-order valence-corrected chi connectivity index (χ2v) is 5.19. The highest BCUT2D eigenvalue weighted by Gasteiger charge is 2.20. The molecule has 0 aliphatic carbocycles. The van der Waals surface area contributed by atoms with Crippen molar-refractivity contribution in [2.45, 2.75) is 45.4 Å². The van der Waals surface area contributed by atoms with Crippen molar-refractivity contribution in [3.05, 3.63) is 23.7 Å². The molecule has 2 rings (SSSR count). The van der Waals surface area contributed by atoms with Crippen LogP contribution in [0.3, 0.4) is 0 Å². The number of nitrogens with zero attached hydrogens (tertiary/aromatic N) is 1. The highest BCUT2D eigenvalue weighted by Crippen LogP contribution is 2.16. The molecule has 1 fully saturated rings. The van der Waals surface area contributed by atoms with E-state index in [1.54, 1.807) is 0 Å². The monoisotopic (exact) mass is 253 g/mol. The zero-order valence-electron chi connectivity index (χ0n) is 11.3. The van der Waals surface area contributed by atoms with E-state index in [4.69, 9.17) is 9.15 Å². The molecular formula is C14H23NO3. The van der Waals surface area contributed by atoms with Gasteiger partial charge in [0.05, 0.1) is 18.8 Å². The maximum absolute atomic E-state index is 9.57. The van der Waals surface area contributed by atoms with Gasteiger partial charge in [0.2, 0.25) is 0 Å². The van der Waals surface area contributed by atoms with Crippen LogP contribution in [0, 0.1) is 6.92 Å². The van der Waals surface area contributed by atoms with Gasteiger partial charge in [-0.25, -0.2) is 0 Å². The van der Waals surface area contributed by atoms with E-state index in [2.05, 4.69) is 4.90 Å². The second kappa shape index (κ2) is 6.36. The predicted molar refractivity (Wildman–Crippen MR) is 69.4 cm³/mol. The molecule has 0 spiro atoms. The molecule has 1 aromatic heterocycles. The summed E-state index contributed by atoms with van der Waals surface area (Å²) >= 11 is 0. The molecule has 1 N–H and O–H groups in total. The number of furan rings is 1. The van der Waals surface area contributed by atoms with Gasteiger partial charge in [0, 0.05) is 19.7 Å². The van der Waals surface area contributed by atoms with Gasteiger partial charge in [-0.2, -0.15) is 0 Å². The van der Waals surface area contributed by atoms with Gasteiger partial charge in [0.15, 0.2) is 0 Å². The lowest BCUT2D eigenvalue weighted by atomic mass is 10.2. The fourth-order valence-corrected chi connectivity index (χ4v) is 2.44. The minimum Gasteiger partial charge on any atom is -0.465 e. The molecule has 0 radical (unpaired) electrons. The average Bonchev–Trinajstić information content (AvgIpc) is 2.89. The fraction of sp³-hybridized carbons (Fsp3) is 0.714. The molecule has 2 atom stereocenters. The summed E-state index contributed by atoms with van der Waals surface area (Å²) in [6.07, 6.45) is 2.24. The first-order chi connectivity index (χ1) is 8.63. The van der Waals surface area contributed by atoms with Crippen molar-refractivity contribution in [1.82, 2.24) is 4.90 Å². The van der Waals surface area contributed by atoms with Gasteiger partial charge in [-0.05, 0) is 38.8 Å². The molecule has 0 aromatic carbocycles. The third-order valence-corrected chi connectivity index (χ3v) is 3.18. The van der Waals surface area contributed by atoms with E-state index in [1.165, 1.54) is 0 Å². The van der Waals surface area contributed by atoms with Crippen LogP contribution in [0.2, 0.25) is 0 Å². The van der Waals surface area contributed by atoms with E-state index in [0.717, 1.165) is 44.1 Å². The Balaban J connectivity index is 1.91. The Labute approximate surface area is 109 Å². The third kappa shape index (κ3) is 4.12. The highest BCUT2D eigenvalue weighted by atomic mass is 16.5. The quantitative estimate of drug-likeness (QED) is 0.841. The summed E-state index contributed by atoms with van der Waals surface area (Å²) in [6, 6.07) is 3.97. The SMILES string of the molecule is Cc1ccc(CN(CC(C)O)CC2CCCO2)o1. The van der Waals surface area contributed by atoms with Gasteiger partial charge >= 0.3 is 0 Å². The number of rotatable bonds is 6. The zero-order chi connectivity index (χ0) is 13.0. The third-order valence-electron chi connectivity index (χ3n) is 3.18. The largest absolute Gasteiger partial charge is 0.465 e. The first kappa shape index (κ1) is 13.6. The lowest BCUT2D eigenvalue weighted by Crippen LogP contribution is -2.36. The predicted octanol–water partition coefficient (Wildman–Crippen LogP) is 1.95. The molecule has 4 nitrogen and oxygen atoms in total. The summed E-state index contributed by atoms with van der Waals surface area (Å²) in [5, 5.41) is 9.57. The van der Waals surface area contributed by atoms with Crippen LogP contribution in [0.1, 0.15) is 31.3 Å². The fourth-order valence-electron chi connectivity index (χ4n) is 2.44. The summed E-state index contributed by atoms with van der Waals surface area (Å²) in [6.45, 7) is 6.88. The van der Waals surface area contributed by atoms with Crippen molar-refractivity contribution in [2.75, 3.05) is 19.7 Å². The first-order valence-corrected chi connectivity index (χ1v) is 6.71. The van der Waals surface area contributed by atoms with Crippen molar-refractivity contribution in [3.63, 3.8) is 0 Å². The second-order valence-electron chi connectivity index (χ2n) is 5.19. The standard InChI is InChI=1S/C14H23NO3/c1-11(16)8-15(9-13-4-3-7-17-13)10-14-6-5-12(2)18-14/h5-6,11,13,16H,3-4,7-10H2,1-2H3. The Kier molecular flexibility index (Phi) is 4.80. The molecule has 0 saturated carbocycles. The normalized spacial score (nSPS) is 21.7. The van der Waals surface area contributed by atoms with Crippen LogP contribution in [0.4, 0.5) is 0 Å². The van der Waals surface area contributed by atoms with Crippen molar-refractivity contribution >= 4 is 0 Å². The van der Waals surface area contributed by atoms with E-state index in [-0.39, 0.29) is 6.10 Å². The van der Waals surface area contributed by atoms with Gasteiger partial charge in [-0.3, -0.25) is 4.90 Å². The van der Waals surface area contributed by atoms with Crippen LogP contribution >= 0.6 is 0 Å². The van der Waals surface area contributed by atoms with Gasteiger partial charge < -0.3 is 14.3 Å². The number of ether oxygens (including phenoxy) is 1. The van der Waals surface area contributed by atoms with Crippen LogP contribution in [0.25, 0.3) is 0 Å². The lowest BCUT2D eigenvalue weighted by Gasteiger charge is -2.25. The van der Waals surface area contributed by atoms with Crippen LogP contribution < -0.4 is 0 Å². The Bertz CT molecular complexity index is 356. The molecule has 1 aliphatic rings. The first-order valence-electron chi connectivity index (χ1n) is 6.71. The molecule has 1 saturated heterocycles. The van der Waals surface area contributed by atoms with Crippen molar-refractivity contribution in [1.29, 1.82) is 0 Å². The van der Waals surface area contributed by atoms with E-state index in [1.807, 2.05) is 26.0 Å². The number of aryl methyl sites for hydroxylation is 1.